The number of morpholine rings is 1. The number of nitrogens with one attached hydrogen (secondary N) is 1. The second kappa shape index (κ2) is 6.37. The first-order valence-electron chi connectivity index (χ1n) is 7.22. The number of amides is 1. The van der Waals surface area contributed by atoms with E-state index in [1.54, 1.807) is 0 Å². The fourth-order valence-electron chi connectivity index (χ4n) is 2.67. The molecule has 1 heterocycles. The van der Waals surface area contributed by atoms with E-state index in [4.69, 9.17) is 4.74 Å². The number of carbonyl (C=O) groups is 1. The molecule has 0 aliphatic carbocycles. The van der Waals surface area contributed by atoms with Crippen molar-refractivity contribution >= 4 is 11.6 Å². The van der Waals surface area contributed by atoms with E-state index in [1.807, 2.05) is 52.0 Å². The lowest BCUT2D eigenvalue weighted by Crippen LogP contribution is -2.52. The maximum Gasteiger partial charge on any atom is 0.241 e. The van der Waals surface area contributed by atoms with Gasteiger partial charge < -0.3 is 10.1 Å². The van der Waals surface area contributed by atoms with Crippen molar-refractivity contribution in [3.05, 3.63) is 29.8 Å². The van der Waals surface area contributed by atoms with Crippen LogP contribution in [0, 0.1) is 6.92 Å². The van der Waals surface area contributed by atoms with Crippen molar-refractivity contribution in [1.82, 2.24) is 4.90 Å². The molecular weight excluding hydrogens is 252 g/mol. The molecule has 1 aromatic rings. The largest absolute Gasteiger partial charge is 0.373 e. The molecule has 2 rings (SSSR count). The predicted octanol–water partition coefficient (Wildman–Crippen LogP) is 2.43. The third-order valence-electron chi connectivity index (χ3n) is 3.66. The lowest BCUT2D eigenvalue weighted by Gasteiger charge is -2.38. The number of carbonyl (C=O) groups excluding carboxylic acids is 1. The highest BCUT2D eigenvalue weighted by atomic mass is 16.5. The molecule has 0 radical (unpaired) electrons. The Morgan fingerprint density at radius 1 is 1.35 bits per heavy atom. The number of nitrogens with zero attached hydrogens (tertiary/aromatic N) is 1. The number of ether oxygens (including phenoxy) is 1. The molecule has 0 bridgehead atoms. The molecule has 1 amide bonds. The lowest BCUT2D eigenvalue weighted by atomic mass is 10.1. The van der Waals surface area contributed by atoms with Crippen LogP contribution in [-0.2, 0) is 9.53 Å². The lowest BCUT2D eigenvalue weighted by molar-refractivity contribution is -0.126. The summed E-state index contributed by atoms with van der Waals surface area (Å²) in [4.78, 5) is 14.5. The highest BCUT2D eigenvalue weighted by Gasteiger charge is 2.29. The number of anilines is 1. The molecule has 0 spiro atoms. The Balaban J connectivity index is 1.98. The zero-order valence-electron chi connectivity index (χ0n) is 12.7. The number of hydrogen-bond donors (Lipinski definition) is 1. The fraction of sp³-hybridized carbons (Fsp3) is 0.562. The van der Waals surface area contributed by atoms with Gasteiger partial charge in [-0.2, -0.15) is 0 Å². The second-order valence-electron chi connectivity index (χ2n) is 5.75. The highest BCUT2D eigenvalue weighted by Crippen LogP contribution is 2.15. The maximum absolute atomic E-state index is 12.3. The van der Waals surface area contributed by atoms with Crippen LogP contribution in [0.15, 0.2) is 24.3 Å². The summed E-state index contributed by atoms with van der Waals surface area (Å²) in [6.45, 7) is 9.67. The maximum atomic E-state index is 12.3. The zero-order valence-corrected chi connectivity index (χ0v) is 12.7. The van der Waals surface area contributed by atoms with Gasteiger partial charge in [0.15, 0.2) is 0 Å². The topological polar surface area (TPSA) is 41.6 Å². The van der Waals surface area contributed by atoms with E-state index >= 15 is 0 Å². The number of aryl methyl sites for hydroxylation is 1. The minimum absolute atomic E-state index is 0.0388. The molecule has 1 aromatic carbocycles. The molecule has 1 aliphatic rings. The van der Waals surface area contributed by atoms with Crippen LogP contribution in [0.1, 0.15) is 26.3 Å². The van der Waals surface area contributed by atoms with Gasteiger partial charge in [-0.3, -0.25) is 9.69 Å². The van der Waals surface area contributed by atoms with Crippen molar-refractivity contribution in [3.63, 3.8) is 0 Å². The highest BCUT2D eigenvalue weighted by molar-refractivity contribution is 5.94. The molecule has 4 heteroatoms. The minimum Gasteiger partial charge on any atom is -0.373 e. The van der Waals surface area contributed by atoms with E-state index in [9.17, 15) is 4.79 Å². The summed E-state index contributed by atoms with van der Waals surface area (Å²) in [7, 11) is 0. The Labute approximate surface area is 121 Å². The second-order valence-corrected chi connectivity index (χ2v) is 5.75. The molecule has 3 atom stereocenters. The van der Waals surface area contributed by atoms with Gasteiger partial charge in [-0.05, 0) is 45.4 Å². The zero-order chi connectivity index (χ0) is 14.7. The Kier molecular flexibility index (Phi) is 4.78. The van der Waals surface area contributed by atoms with E-state index in [0.29, 0.717) is 0 Å². The van der Waals surface area contributed by atoms with E-state index in [-0.39, 0.29) is 24.2 Å². The quantitative estimate of drug-likeness (QED) is 0.922. The first-order chi connectivity index (χ1) is 9.45. The molecule has 1 N–H and O–H groups in total. The van der Waals surface area contributed by atoms with Gasteiger partial charge in [-0.1, -0.05) is 12.1 Å². The van der Waals surface area contributed by atoms with Gasteiger partial charge in [0.25, 0.3) is 0 Å². The van der Waals surface area contributed by atoms with Crippen LogP contribution in [0.5, 0.6) is 0 Å². The monoisotopic (exact) mass is 276 g/mol. The van der Waals surface area contributed by atoms with Crippen molar-refractivity contribution in [2.75, 3.05) is 18.4 Å². The fourth-order valence-corrected chi connectivity index (χ4v) is 2.67. The van der Waals surface area contributed by atoms with Crippen LogP contribution in [-0.4, -0.2) is 42.1 Å². The van der Waals surface area contributed by atoms with E-state index in [2.05, 4.69) is 10.2 Å². The molecule has 0 saturated carbocycles. The van der Waals surface area contributed by atoms with Crippen molar-refractivity contribution in [3.8, 4) is 0 Å². The summed E-state index contributed by atoms with van der Waals surface area (Å²) >= 11 is 0. The summed E-state index contributed by atoms with van der Waals surface area (Å²) < 4.78 is 5.71. The van der Waals surface area contributed by atoms with Crippen molar-refractivity contribution < 1.29 is 9.53 Å². The molecular formula is C16H24N2O2. The summed E-state index contributed by atoms with van der Waals surface area (Å²) in [5, 5.41) is 2.99. The van der Waals surface area contributed by atoms with Gasteiger partial charge in [0.05, 0.1) is 18.2 Å². The Hall–Kier alpha value is -1.39. The summed E-state index contributed by atoms with van der Waals surface area (Å²) in [6, 6.07) is 7.72. The molecule has 0 aromatic heterocycles. The van der Waals surface area contributed by atoms with Crippen LogP contribution >= 0.6 is 0 Å². The van der Waals surface area contributed by atoms with Gasteiger partial charge in [-0.25, -0.2) is 0 Å². The molecule has 4 nitrogen and oxygen atoms in total. The molecule has 1 saturated heterocycles. The number of rotatable bonds is 3. The molecule has 20 heavy (non-hydrogen) atoms. The predicted molar refractivity (Wildman–Crippen MR) is 80.9 cm³/mol. The average molecular weight is 276 g/mol. The Morgan fingerprint density at radius 2 is 2.00 bits per heavy atom. The SMILES string of the molecule is Cc1cccc(NC(=O)C(C)N2CC(C)OC(C)C2)c1. The molecule has 3 unspecified atom stereocenters. The standard InChI is InChI=1S/C16H24N2O2/c1-11-6-5-7-15(8-11)17-16(19)14(4)18-9-12(2)20-13(3)10-18/h5-8,12-14H,9-10H2,1-4H3,(H,17,19). The van der Waals surface area contributed by atoms with Crippen LogP contribution in [0.2, 0.25) is 0 Å². The van der Waals surface area contributed by atoms with Gasteiger partial charge >= 0.3 is 0 Å². The summed E-state index contributed by atoms with van der Waals surface area (Å²) in [6.07, 6.45) is 0.348. The van der Waals surface area contributed by atoms with Gasteiger partial charge in [0.1, 0.15) is 0 Å². The van der Waals surface area contributed by atoms with E-state index in [1.165, 1.54) is 0 Å². The number of hydrogen-bond acceptors (Lipinski definition) is 3. The van der Waals surface area contributed by atoms with Crippen molar-refractivity contribution in [1.29, 1.82) is 0 Å². The van der Waals surface area contributed by atoms with Gasteiger partial charge in [-0.15, -0.1) is 0 Å². The average Bonchev–Trinajstić information content (AvgIpc) is 2.36. The van der Waals surface area contributed by atoms with Crippen LogP contribution in [0.4, 0.5) is 5.69 Å². The summed E-state index contributed by atoms with van der Waals surface area (Å²) in [5.74, 6) is 0.0388. The Bertz CT molecular complexity index is 465. The molecule has 1 fully saturated rings. The third kappa shape index (κ3) is 3.81. The minimum atomic E-state index is -0.149. The van der Waals surface area contributed by atoms with Crippen LogP contribution in [0.25, 0.3) is 0 Å². The summed E-state index contributed by atoms with van der Waals surface area (Å²) in [5.41, 5.74) is 2.00. The van der Waals surface area contributed by atoms with E-state index < -0.39 is 0 Å². The number of benzene rings is 1. The smallest absolute Gasteiger partial charge is 0.241 e. The van der Waals surface area contributed by atoms with Crippen LogP contribution in [0.3, 0.4) is 0 Å². The van der Waals surface area contributed by atoms with Crippen LogP contribution < -0.4 is 5.32 Å². The van der Waals surface area contributed by atoms with Crippen molar-refractivity contribution in [2.45, 2.75) is 45.9 Å². The normalized spacial score (nSPS) is 25.2. The first kappa shape index (κ1) is 15.0. The Morgan fingerprint density at radius 3 is 2.60 bits per heavy atom. The molecule has 1 aliphatic heterocycles. The van der Waals surface area contributed by atoms with Gasteiger partial charge in [0, 0.05) is 18.8 Å². The van der Waals surface area contributed by atoms with Gasteiger partial charge in [0.2, 0.25) is 5.91 Å². The third-order valence-corrected chi connectivity index (χ3v) is 3.66. The van der Waals surface area contributed by atoms with Crippen molar-refractivity contribution in [2.24, 2.45) is 0 Å². The molecule has 110 valence electrons. The first-order valence-corrected chi connectivity index (χ1v) is 7.22. The van der Waals surface area contributed by atoms with E-state index in [0.717, 1.165) is 24.3 Å².